The summed E-state index contributed by atoms with van der Waals surface area (Å²) < 4.78 is 16.7. The first-order valence-electron chi connectivity index (χ1n) is 10.2. The number of hydrogen-bond donors (Lipinski definition) is 0. The van der Waals surface area contributed by atoms with Gasteiger partial charge in [0.05, 0.1) is 20.3 Å². The number of hydrogen-bond acceptors (Lipinski definition) is 5. The van der Waals surface area contributed by atoms with Gasteiger partial charge in [-0.15, -0.1) is 0 Å². The van der Waals surface area contributed by atoms with Crippen molar-refractivity contribution < 1.29 is 19.0 Å². The van der Waals surface area contributed by atoms with Crippen molar-refractivity contribution >= 4 is 11.6 Å². The van der Waals surface area contributed by atoms with Crippen molar-refractivity contribution in [2.45, 2.75) is 20.3 Å². The SMILES string of the molecule is CCCOc1ccc(C(=O)N2CCN(c3cccc(OC)c3)CC2)cc1OCC. The minimum atomic E-state index is 0.0262. The van der Waals surface area contributed by atoms with E-state index in [1.165, 1.54) is 0 Å². The van der Waals surface area contributed by atoms with E-state index in [4.69, 9.17) is 14.2 Å². The fourth-order valence-corrected chi connectivity index (χ4v) is 3.40. The van der Waals surface area contributed by atoms with Gasteiger partial charge in [0.25, 0.3) is 5.91 Å². The molecule has 0 saturated carbocycles. The lowest BCUT2D eigenvalue weighted by molar-refractivity contribution is 0.0746. The number of piperazine rings is 1. The first-order chi connectivity index (χ1) is 14.2. The molecule has 3 rings (SSSR count). The van der Waals surface area contributed by atoms with Crippen LogP contribution in [0.3, 0.4) is 0 Å². The summed E-state index contributed by atoms with van der Waals surface area (Å²) in [6, 6.07) is 13.5. The molecule has 0 bridgehead atoms. The van der Waals surface area contributed by atoms with Gasteiger partial charge in [-0.05, 0) is 43.7 Å². The van der Waals surface area contributed by atoms with Gasteiger partial charge in [0, 0.05) is 43.5 Å². The van der Waals surface area contributed by atoms with Crippen LogP contribution in [0.2, 0.25) is 0 Å². The molecule has 6 heteroatoms. The van der Waals surface area contributed by atoms with E-state index in [0.717, 1.165) is 30.9 Å². The van der Waals surface area contributed by atoms with Gasteiger partial charge in [0.1, 0.15) is 5.75 Å². The first-order valence-corrected chi connectivity index (χ1v) is 10.2. The van der Waals surface area contributed by atoms with Crippen LogP contribution in [0.5, 0.6) is 17.2 Å². The highest BCUT2D eigenvalue weighted by Gasteiger charge is 2.23. The molecule has 0 unspecified atom stereocenters. The van der Waals surface area contributed by atoms with Crippen molar-refractivity contribution in [1.82, 2.24) is 4.90 Å². The quantitative estimate of drug-likeness (QED) is 0.676. The van der Waals surface area contributed by atoms with Gasteiger partial charge in [-0.2, -0.15) is 0 Å². The Morgan fingerprint density at radius 2 is 1.76 bits per heavy atom. The third-order valence-electron chi connectivity index (χ3n) is 4.94. The van der Waals surface area contributed by atoms with Crippen LogP contribution in [0.25, 0.3) is 0 Å². The van der Waals surface area contributed by atoms with E-state index < -0.39 is 0 Å². The van der Waals surface area contributed by atoms with Gasteiger partial charge in [-0.25, -0.2) is 0 Å². The molecule has 1 heterocycles. The highest BCUT2D eigenvalue weighted by atomic mass is 16.5. The summed E-state index contributed by atoms with van der Waals surface area (Å²) in [5.41, 5.74) is 1.75. The largest absolute Gasteiger partial charge is 0.497 e. The van der Waals surface area contributed by atoms with Crippen LogP contribution in [-0.4, -0.2) is 57.3 Å². The Kier molecular flexibility index (Phi) is 7.22. The minimum Gasteiger partial charge on any atom is -0.497 e. The Morgan fingerprint density at radius 3 is 2.45 bits per heavy atom. The van der Waals surface area contributed by atoms with Gasteiger partial charge >= 0.3 is 0 Å². The van der Waals surface area contributed by atoms with Crippen LogP contribution in [0.1, 0.15) is 30.6 Å². The van der Waals surface area contributed by atoms with E-state index in [0.29, 0.717) is 43.4 Å². The molecule has 0 spiro atoms. The molecule has 2 aromatic rings. The zero-order chi connectivity index (χ0) is 20.6. The van der Waals surface area contributed by atoms with Gasteiger partial charge in [0.2, 0.25) is 0 Å². The summed E-state index contributed by atoms with van der Waals surface area (Å²) in [5.74, 6) is 2.18. The lowest BCUT2D eigenvalue weighted by atomic mass is 10.1. The smallest absolute Gasteiger partial charge is 0.254 e. The molecule has 1 aliphatic heterocycles. The van der Waals surface area contributed by atoms with Crippen LogP contribution >= 0.6 is 0 Å². The number of amides is 1. The first kappa shape index (κ1) is 20.8. The molecule has 1 aliphatic rings. The third kappa shape index (κ3) is 5.13. The van der Waals surface area contributed by atoms with Crippen molar-refractivity contribution in [1.29, 1.82) is 0 Å². The maximum atomic E-state index is 13.0. The second kappa shape index (κ2) is 10.0. The average Bonchev–Trinajstić information content (AvgIpc) is 2.78. The van der Waals surface area contributed by atoms with Crippen molar-refractivity contribution in [2.75, 3.05) is 51.4 Å². The lowest BCUT2D eigenvalue weighted by Crippen LogP contribution is -2.48. The van der Waals surface area contributed by atoms with Crippen molar-refractivity contribution in [2.24, 2.45) is 0 Å². The monoisotopic (exact) mass is 398 g/mol. The summed E-state index contributed by atoms with van der Waals surface area (Å²) in [7, 11) is 1.67. The average molecular weight is 399 g/mol. The number of anilines is 1. The number of benzene rings is 2. The number of methoxy groups -OCH3 is 1. The zero-order valence-electron chi connectivity index (χ0n) is 17.5. The number of rotatable bonds is 8. The molecule has 0 N–H and O–H groups in total. The molecule has 1 saturated heterocycles. The standard InChI is InChI=1S/C23H30N2O4/c1-4-15-29-21-10-9-18(16-22(21)28-5-2)23(26)25-13-11-24(12-14-25)19-7-6-8-20(17-19)27-3/h6-10,16-17H,4-5,11-15H2,1-3H3. The summed E-state index contributed by atoms with van der Waals surface area (Å²) in [5, 5.41) is 0. The fourth-order valence-electron chi connectivity index (χ4n) is 3.40. The molecule has 2 aromatic carbocycles. The Balaban J connectivity index is 1.66. The fraction of sp³-hybridized carbons (Fsp3) is 0.435. The van der Waals surface area contributed by atoms with Crippen LogP contribution in [0, 0.1) is 0 Å². The molecular formula is C23H30N2O4. The van der Waals surface area contributed by atoms with Crippen molar-refractivity contribution in [3.05, 3.63) is 48.0 Å². The highest BCUT2D eigenvalue weighted by Crippen LogP contribution is 2.29. The van der Waals surface area contributed by atoms with Crippen LogP contribution in [0.15, 0.2) is 42.5 Å². The predicted octanol–water partition coefficient (Wildman–Crippen LogP) is 3.85. The molecule has 0 radical (unpaired) electrons. The molecule has 1 fully saturated rings. The van der Waals surface area contributed by atoms with E-state index in [1.807, 2.05) is 42.2 Å². The van der Waals surface area contributed by atoms with Gasteiger partial charge in [0.15, 0.2) is 11.5 Å². The second-order valence-corrected chi connectivity index (χ2v) is 6.92. The summed E-state index contributed by atoms with van der Waals surface area (Å²) in [6.07, 6.45) is 0.920. The van der Waals surface area contributed by atoms with Crippen molar-refractivity contribution in [3.8, 4) is 17.2 Å². The normalized spacial score (nSPS) is 13.9. The Bertz CT molecular complexity index is 816. The highest BCUT2D eigenvalue weighted by molar-refractivity contribution is 5.95. The lowest BCUT2D eigenvalue weighted by Gasteiger charge is -2.36. The van der Waals surface area contributed by atoms with Crippen LogP contribution < -0.4 is 19.1 Å². The number of nitrogens with zero attached hydrogens (tertiary/aromatic N) is 2. The van der Waals surface area contributed by atoms with E-state index in [2.05, 4.69) is 17.9 Å². The van der Waals surface area contributed by atoms with Crippen molar-refractivity contribution in [3.63, 3.8) is 0 Å². The predicted molar refractivity (Wildman–Crippen MR) is 115 cm³/mol. The molecule has 0 aliphatic carbocycles. The summed E-state index contributed by atoms with van der Waals surface area (Å²) in [4.78, 5) is 17.2. The Morgan fingerprint density at radius 1 is 0.966 bits per heavy atom. The molecular weight excluding hydrogens is 368 g/mol. The van der Waals surface area contributed by atoms with Gasteiger partial charge < -0.3 is 24.0 Å². The molecule has 1 amide bonds. The summed E-state index contributed by atoms with van der Waals surface area (Å²) >= 11 is 0. The van der Waals surface area contributed by atoms with E-state index in [-0.39, 0.29) is 5.91 Å². The molecule has 29 heavy (non-hydrogen) atoms. The van der Waals surface area contributed by atoms with E-state index >= 15 is 0 Å². The number of ether oxygens (including phenoxy) is 3. The molecule has 0 aromatic heterocycles. The second-order valence-electron chi connectivity index (χ2n) is 6.92. The Hall–Kier alpha value is -2.89. The maximum absolute atomic E-state index is 13.0. The van der Waals surface area contributed by atoms with E-state index in [1.54, 1.807) is 13.2 Å². The maximum Gasteiger partial charge on any atom is 0.254 e. The third-order valence-corrected chi connectivity index (χ3v) is 4.94. The van der Waals surface area contributed by atoms with Gasteiger partial charge in [-0.1, -0.05) is 13.0 Å². The Labute approximate surface area is 173 Å². The van der Waals surface area contributed by atoms with Crippen LogP contribution in [-0.2, 0) is 0 Å². The van der Waals surface area contributed by atoms with Crippen LogP contribution in [0.4, 0.5) is 5.69 Å². The molecule has 0 atom stereocenters. The molecule has 6 nitrogen and oxygen atoms in total. The van der Waals surface area contributed by atoms with E-state index in [9.17, 15) is 4.79 Å². The minimum absolute atomic E-state index is 0.0262. The number of carbonyl (C=O) groups is 1. The van der Waals surface area contributed by atoms with Gasteiger partial charge in [-0.3, -0.25) is 4.79 Å². The number of carbonyl (C=O) groups excluding carboxylic acids is 1. The summed E-state index contributed by atoms with van der Waals surface area (Å²) in [6.45, 7) is 8.06. The molecule has 156 valence electrons. The topological polar surface area (TPSA) is 51.2 Å². The zero-order valence-corrected chi connectivity index (χ0v) is 17.5.